The maximum atomic E-state index is 15.5. The molecule has 2 aliphatic heterocycles. The van der Waals surface area contributed by atoms with Crippen LogP contribution in [0.15, 0.2) is 29.2 Å². The summed E-state index contributed by atoms with van der Waals surface area (Å²) in [5.74, 6) is -2.43. The molecule has 2 fully saturated rings. The van der Waals surface area contributed by atoms with Crippen LogP contribution in [0.25, 0.3) is 0 Å². The Bertz CT molecular complexity index is 1130. The van der Waals surface area contributed by atoms with E-state index in [0.717, 1.165) is 12.5 Å². The number of carbonyl (C=O) groups is 1. The van der Waals surface area contributed by atoms with Gasteiger partial charge < -0.3 is 19.3 Å². The number of nitrogens with zero attached hydrogens (tertiary/aromatic N) is 2. The van der Waals surface area contributed by atoms with Crippen LogP contribution in [0.2, 0.25) is 0 Å². The number of hydrogen-bond acceptors (Lipinski definition) is 4. The summed E-state index contributed by atoms with van der Waals surface area (Å²) >= 11 is 0. The molecule has 3 heterocycles. The van der Waals surface area contributed by atoms with Crippen molar-refractivity contribution in [3.8, 4) is 5.75 Å². The maximum Gasteiger partial charge on any atom is 0.335 e. The molecule has 4 bridgehead atoms. The molecule has 6 nitrogen and oxygen atoms in total. The molecule has 1 aromatic carbocycles. The van der Waals surface area contributed by atoms with Gasteiger partial charge in [-0.25, -0.2) is 13.6 Å². The molecule has 1 saturated heterocycles. The van der Waals surface area contributed by atoms with Gasteiger partial charge in [0.2, 0.25) is 0 Å². The van der Waals surface area contributed by atoms with Gasteiger partial charge in [0, 0.05) is 42.9 Å². The molecule has 0 radical (unpaired) electrons. The van der Waals surface area contributed by atoms with Crippen molar-refractivity contribution in [2.75, 3.05) is 24.6 Å². The topological polar surface area (TPSA) is 71.8 Å². The third-order valence-electron chi connectivity index (χ3n) is 7.11. The van der Waals surface area contributed by atoms with Crippen molar-refractivity contribution in [3.05, 3.63) is 57.5 Å². The zero-order valence-electron chi connectivity index (χ0n) is 17.2. The number of anilines is 1. The minimum absolute atomic E-state index is 0.0495. The van der Waals surface area contributed by atoms with Crippen molar-refractivity contribution in [2.24, 2.45) is 5.92 Å². The number of rotatable bonds is 6. The molecular formula is C23H24F2N2O4. The second-order valence-electron chi connectivity index (χ2n) is 9.05. The number of fused-ring (bicyclic) bond motifs is 6. The molecule has 2 unspecified atom stereocenters. The lowest BCUT2D eigenvalue weighted by atomic mass is 9.72. The fraction of sp³-hybridized carbons (Fsp3) is 0.478. The highest BCUT2D eigenvalue weighted by Crippen LogP contribution is 2.50. The van der Waals surface area contributed by atoms with E-state index in [-0.39, 0.29) is 16.9 Å². The second-order valence-corrected chi connectivity index (χ2v) is 9.05. The number of piperidine rings is 1. The number of aromatic nitrogens is 1. The number of benzene rings is 1. The average Bonchev–Trinajstić information content (AvgIpc) is 3.55. The molecule has 1 aliphatic carbocycles. The molecule has 1 aromatic heterocycles. The molecule has 1 saturated carbocycles. The van der Waals surface area contributed by atoms with Crippen molar-refractivity contribution < 1.29 is 23.4 Å². The highest BCUT2D eigenvalue weighted by atomic mass is 19.1. The van der Waals surface area contributed by atoms with Gasteiger partial charge in [0.25, 0.3) is 5.56 Å². The smallest absolute Gasteiger partial charge is 0.335 e. The fourth-order valence-electron chi connectivity index (χ4n) is 4.99. The third kappa shape index (κ3) is 3.20. The van der Waals surface area contributed by atoms with Crippen LogP contribution in [0.4, 0.5) is 14.5 Å². The Labute approximate surface area is 178 Å². The van der Waals surface area contributed by atoms with E-state index in [9.17, 15) is 9.59 Å². The van der Waals surface area contributed by atoms with Crippen LogP contribution < -0.4 is 15.2 Å². The lowest BCUT2D eigenvalue weighted by Crippen LogP contribution is -2.55. The Morgan fingerprint density at radius 3 is 2.74 bits per heavy atom. The highest BCUT2D eigenvalue weighted by Gasteiger charge is 2.49. The zero-order chi connectivity index (χ0) is 21.9. The lowest BCUT2D eigenvalue weighted by molar-refractivity contribution is 0.0696. The van der Waals surface area contributed by atoms with E-state index < -0.39 is 34.6 Å². The van der Waals surface area contributed by atoms with Gasteiger partial charge in [0.05, 0.1) is 23.4 Å². The van der Waals surface area contributed by atoms with Crippen molar-refractivity contribution in [2.45, 2.75) is 44.1 Å². The predicted octanol–water partition coefficient (Wildman–Crippen LogP) is 3.73. The van der Waals surface area contributed by atoms with Crippen LogP contribution in [-0.4, -0.2) is 35.3 Å². The molecule has 2 atom stereocenters. The van der Waals surface area contributed by atoms with Crippen molar-refractivity contribution in [3.63, 3.8) is 0 Å². The number of aromatic carboxylic acids is 1. The second kappa shape index (κ2) is 7.07. The van der Waals surface area contributed by atoms with Crippen molar-refractivity contribution >= 4 is 11.7 Å². The molecular weight excluding hydrogens is 406 g/mol. The molecule has 2 aromatic rings. The van der Waals surface area contributed by atoms with E-state index >= 15 is 8.78 Å². The van der Waals surface area contributed by atoms with E-state index in [1.807, 2.05) is 4.90 Å². The Balaban J connectivity index is 1.56. The first-order chi connectivity index (χ1) is 14.8. The number of carboxylic acids is 1. The SMILES string of the molecule is CC1(n2ccc(C(=O)O)cc2=O)CCN2CC1c1c(F)c(OCCC3CC3)cc2c1F. The predicted molar refractivity (Wildman–Crippen MR) is 110 cm³/mol. The number of carboxylic acid groups (broad SMARTS) is 1. The number of hydrogen-bond donors (Lipinski definition) is 1. The summed E-state index contributed by atoms with van der Waals surface area (Å²) < 4.78 is 37.9. The molecule has 1 N–H and O–H groups in total. The van der Waals surface area contributed by atoms with E-state index in [0.29, 0.717) is 37.7 Å². The third-order valence-corrected chi connectivity index (χ3v) is 7.11. The van der Waals surface area contributed by atoms with Crippen LogP contribution in [0.3, 0.4) is 0 Å². The fourth-order valence-corrected chi connectivity index (χ4v) is 4.99. The normalized spacial score (nSPS) is 24.2. The van der Waals surface area contributed by atoms with Crippen LogP contribution in [0.1, 0.15) is 54.4 Å². The minimum atomic E-state index is -1.19. The lowest BCUT2D eigenvalue weighted by Gasteiger charge is -2.50. The Hall–Kier alpha value is -2.90. The van der Waals surface area contributed by atoms with Crippen LogP contribution in [0, 0.1) is 17.6 Å². The Morgan fingerprint density at radius 2 is 2.06 bits per heavy atom. The maximum absolute atomic E-state index is 15.5. The molecule has 31 heavy (non-hydrogen) atoms. The molecule has 0 amide bonds. The Kier molecular flexibility index (Phi) is 4.57. The molecule has 8 heteroatoms. The zero-order valence-corrected chi connectivity index (χ0v) is 17.2. The summed E-state index contributed by atoms with van der Waals surface area (Å²) in [5, 5.41) is 9.15. The van der Waals surface area contributed by atoms with Crippen molar-refractivity contribution in [1.82, 2.24) is 4.57 Å². The van der Waals surface area contributed by atoms with E-state index in [1.54, 1.807) is 6.92 Å². The summed E-state index contributed by atoms with van der Waals surface area (Å²) in [5.41, 5.74) is -1.23. The first-order valence-corrected chi connectivity index (χ1v) is 10.7. The van der Waals surface area contributed by atoms with Crippen LogP contribution >= 0.6 is 0 Å². The summed E-state index contributed by atoms with van der Waals surface area (Å²) in [4.78, 5) is 25.8. The van der Waals surface area contributed by atoms with Gasteiger partial charge in [0.15, 0.2) is 17.4 Å². The summed E-state index contributed by atoms with van der Waals surface area (Å²) in [6, 6.07) is 3.85. The monoisotopic (exact) mass is 430 g/mol. The quantitative estimate of drug-likeness (QED) is 0.756. The van der Waals surface area contributed by atoms with Gasteiger partial charge >= 0.3 is 5.97 Å². The van der Waals surface area contributed by atoms with Gasteiger partial charge in [-0.05, 0) is 31.7 Å². The van der Waals surface area contributed by atoms with Gasteiger partial charge in [-0.2, -0.15) is 0 Å². The molecule has 5 rings (SSSR count). The van der Waals surface area contributed by atoms with Gasteiger partial charge in [0.1, 0.15) is 0 Å². The largest absolute Gasteiger partial charge is 0.490 e. The number of halogens is 2. The molecule has 0 spiro atoms. The van der Waals surface area contributed by atoms with Gasteiger partial charge in [-0.15, -0.1) is 0 Å². The number of ether oxygens (including phenoxy) is 1. The van der Waals surface area contributed by atoms with Crippen LogP contribution in [-0.2, 0) is 5.54 Å². The first-order valence-electron chi connectivity index (χ1n) is 10.7. The molecule has 164 valence electrons. The van der Waals surface area contributed by atoms with E-state index in [1.165, 1.54) is 35.7 Å². The summed E-state index contributed by atoms with van der Waals surface area (Å²) in [7, 11) is 0. The first kappa shape index (κ1) is 20.0. The van der Waals surface area contributed by atoms with Gasteiger partial charge in [-0.1, -0.05) is 12.8 Å². The number of pyridine rings is 1. The van der Waals surface area contributed by atoms with Crippen molar-refractivity contribution in [1.29, 1.82) is 0 Å². The van der Waals surface area contributed by atoms with E-state index in [4.69, 9.17) is 9.84 Å². The summed E-state index contributed by atoms with van der Waals surface area (Å²) in [6.45, 7) is 3.07. The summed E-state index contributed by atoms with van der Waals surface area (Å²) in [6.07, 6.45) is 5.12. The van der Waals surface area contributed by atoms with Gasteiger partial charge in [-0.3, -0.25) is 4.79 Å². The van der Waals surface area contributed by atoms with E-state index in [2.05, 4.69) is 0 Å². The average molecular weight is 430 g/mol. The molecule has 3 aliphatic rings. The Morgan fingerprint density at radius 1 is 1.29 bits per heavy atom. The minimum Gasteiger partial charge on any atom is -0.490 e. The highest BCUT2D eigenvalue weighted by molar-refractivity contribution is 5.87. The van der Waals surface area contributed by atoms with Crippen LogP contribution in [0.5, 0.6) is 5.75 Å². The standard InChI is InChI=1S/C23H24F2N2O4/c1-23(27-7-4-14(22(29)30)10-18(27)28)6-8-26-12-15(23)19-20(24)16(26)11-17(21(19)25)31-9-5-13-2-3-13/h4,7,10-11,13,15H,2-3,5-6,8-9,12H2,1H3,(H,29,30).